The van der Waals surface area contributed by atoms with E-state index in [1.165, 1.54) is 22.9 Å². The van der Waals surface area contributed by atoms with Gasteiger partial charge in [0.1, 0.15) is 5.75 Å². The number of ether oxygens (including phenoxy) is 1. The molecule has 1 amide bonds. The first-order valence-corrected chi connectivity index (χ1v) is 11.1. The molecule has 0 aliphatic rings. The average molecular weight is 425 g/mol. The third-order valence-corrected chi connectivity index (χ3v) is 5.88. The number of thioether (sulfide) groups is 1. The quantitative estimate of drug-likeness (QED) is 0.499. The van der Waals surface area contributed by atoms with E-state index in [0.717, 1.165) is 24.3 Å². The molecular formula is C23H28N4O2S. The highest BCUT2D eigenvalue weighted by Gasteiger charge is 2.18. The number of aryl methyl sites for hydroxylation is 2. The monoisotopic (exact) mass is 424 g/mol. The fourth-order valence-corrected chi connectivity index (χ4v) is 3.74. The van der Waals surface area contributed by atoms with Gasteiger partial charge in [-0.1, -0.05) is 49.9 Å². The van der Waals surface area contributed by atoms with Gasteiger partial charge >= 0.3 is 0 Å². The van der Waals surface area contributed by atoms with E-state index in [9.17, 15) is 4.79 Å². The summed E-state index contributed by atoms with van der Waals surface area (Å²) in [5.74, 6) is 1.70. The van der Waals surface area contributed by atoms with Crippen molar-refractivity contribution in [3.63, 3.8) is 0 Å². The molecule has 1 N–H and O–H groups in total. The Labute approximate surface area is 182 Å². The lowest BCUT2D eigenvalue weighted by molar-refractivity contribution is -0.113. The third kappa shape index (κ3) is 5.63. The van der Waals surface area contributed by atoms with Crippen molar-refractivity contribution in [2.24, 2.45) is 7.05 Å². The molecule has 7 heteroatoms. The molecule has 1 aromatic heterocycles. The van der Waals surface area contributed by atoms with Crippen molar-refractivity contribution in [1.29, 1.82) is 0 Å². The largest absolute Gasteiger partial charge is 0.483 e. The van der Waals surface area contributed by atoms with E-state index in [1.807, 2.05) is 54.9 Å². The first-order valence-electron chi connectivity index (χ1n) is 10.2. The van der Waals surface area contributed by atoms with Crippen molar-refractivity contribution >= 4 is 23.4 Å². The second kappa shape index (κ2) is 10.3. The van der Waals surface area contributed by atoms with Crippen LogP contribution in [0.25, 0.3) is 0 Å². The van der Waals surface area contributed by atoms with Crippen molar-refractivity contribution in [2.45, 2.75) is 44.9 Å². The molecule has 0 saturated heterocycles. The molecular weight excluding hydrogens is 396 g/mol. The van der Waals surface area contributed by atoms with Gasteiger partial charge in [0, 0.05) is 12.7 Å². The molecule has 3 rings (SSSR count). The summed E-state index contributed by atoms with van der Waals surface area (Å²) in [5.41, 5.74) is 3.31. The Morgan fingerprint density at radius 2 is 1.63 bits per heavy atom. The number of amides is 1. The van der Waals surface area contributed by atoms with Crippen molar-refractivity contribution in [3.8, 4) is 5.75 Å². The Kier molecular flexibility index (Phi) is 7.52. The zero-order valence-corrected chi connectivity index (χ0v) is 18.7. The highest BCUT2D eigenvalue weighted by atomic mass is 32.2. The molecule has 0 fully saturated rings. The van der Waals surface area contributed by atoms with Gasteiger partial charge in [-0.25, -0.2) is 0 Å². The van der Waals surface area contributed by atoms with Gasteiger partial charge in [-0.05, 0) is 55.2 Å². The van der Waals surface area contributed by atoms with E-state index in [0.29, 0.717) is 11.0 Å². The fraction of sp³-hybridized carbons (Fsp3) is 0.348. The molecule has 1 unspecified atom stereocenters. The van der Waals surface area contributed by atoms with Crippen LogP contribution in [0.3, 0.4) is 0 Å². The van der Waals surface area contributed by atoms with Crippen molar-refractivity contribution in [1.82, 2.24) is 14.8 Å². The minimum Gasteiger partial charge on any atom is -0.483 e. The molecule has 3 aromatic rings. The number of benzene rings is 2. The number of rotatable bonds is 9. The lowest BCUT2D eigenvalue weighted by atomic mass is 10.1. The van der Waals surface area contributed by atoms with E-state index < -0.39 is 0 Å². The van der Waals surface area contributed by atoms with Crippen LogP contribution in [-0.4, -0.2) is 26.4 Å². The van der Waals surface area contributed by atoms with Crippen LogP contribution < -0.4 is 10.1 Å². The molecule has 0 aliphatic heterocycles. The summed E-state index contributed by atoms with van der Waals surface area (Å²) in [6.45, 7) is 6.17. The Balaban J connectivity index is 1.55. The molecule has 0 spiro atoms. The molecule has 6 nitrogen and oxygen atoms in total. The van der Waals surface area contributed by atoms with Gasteiger partial charge < -0.3 is 14.6 Å². The predicted octanol–water partition coefficient (Wildman–Crippen LogP) is 4.81. The number of nitrogens with one attached hydrogen (secondary N) is 1. The van der Waals surface area contributed by atoms with E-state index in [-0.39, 0.29) is 17.8 Å². The summed E-state index contributed by atoms with van der Waals surface area (Å²) in [6, 6.07) is 16.0. The number of nitrogens with zero attached hydrogens (tertiary/aromatic N) is 3. The van der Waals surface area contributed by atoms with Gasteiger partial charge in [0.05, 0.1) is 5.75 Å². The highest BCUT2D eigenvalue weighted by molar-refractivity contribution is 7.99. The van der Waals surface area contributed by atoms with Crippen LogP contribution in [0, 0.1) is 0 Å². The maximum atomic E-state index is 12.3. The Bertz CT molecular complexity index is 968. The third-order valence-electron chi connectivity index (χ3n) is 4.85. The maximum absolute atomic E-state index is 12.3. The number of carbonyl (C=O) groups is 1. The summed E-state index contributed by atoms with van der Waals surface area (Å²) in [6.07, 6.45) is 1.72. The van der Waals surface area contributed by atoms with Gasteiger partial charge in [0.15, 0.2) is 17.1 Å². The topological polar surface area (TPSA) is 69.0 Å². The van der Waals surface area contributed by atoms with Crippen LogP contribution in [0.15, 0.2) is 53.7 Å². The SMILES string of the molecule is CCc1ccc(NC(=O)CSc2nnc(C(C)Oc3ccc(CC)cc3)n2C)cc1. The van der Waals surface area contributed by atoms with Crippen LogP contribution in [0.5, 0.6) is 5.75 Å². The highest BCUT2D eigenvalue weighted by Crippen LogP contribution is 2.24. The number of anilines is 1. The van der Waals surface area contributed by atoms with Gasteiger partial charge in [-0.3, -0.25) is 4.79 Å². The molecule has 1 atom stereocenters. The minimum absolute atomic E-state index is 0.0749. The number of carbonyl (C=O) groups excluding carboxylic acids is 1. The molecule has 2 aromatic carbocycles. The second-order valence-electron chi connectivity index (χ2n) is 7.04. The minimum atomic E-state index is -0.254. The molecule has 1 heterocycles. The first kappa shape index (κ1) is 21.9. The Morgan fingerprint density at radius 1 is 1.03 bits per heavy atom. The summed E-state index contributed by atoms with van der Waals surface area (Å²) >= 11 is 1.35. The molecule has 0 aliphatic carbocycles. The number of hydrogen-bond acceptors (Lipinski definition) is 5. The van der Waals surface area contributed by atoms with E-state index in [4.69, 9.17) is 4.74 Å². The van der Waals surface area contributed by atoms with Gasteiger partial charge in [0.25, 0.3) is 0 Å². The summed E-state index contributed by atoms with van der Waals surface area (Å²) in [7, 11) is 1.89. The molecule has 30 heavy (non-hydrogen) atoms. The zero-order valence-electron chi connectivity index (χ0n) is 17.9. The molecule has 0 radical (unpaired) electrons. The Morgan fingerprint density at radius 3 is 2.23 bits per heavy atom. The van der Waals surface area contributed by atoms with E-state index >= 15 is 0 Å². The van der Waals surface area contributed by atoms with Crippen LogP contribution in [0.4, 0.5) is 5.69 Å². The lowest BCUT2D eigenvalue weighted by Crippen LogP contribution is -2.15. The smallest absolute Gasteiger partial charge is 0.234 e. The van der Waals surface area contributed by atoms with E-state index in [2.05, 4.69) is 41.5 Å². The summed E-state index contributed by atoms with van der Waals surface area (Å²) in [4.78, 5) is 12.3. The Hall–Kier alpha value is -2.80. The van der Waals surface area contributed by atoms with E-state index in [1.54, 1.807) is 0 Å². The second-order valence-corrected chi connectivity index (χ2v) is 7.99. The van der Waals surface area contributed by atoms with Gasteiger partial charge in [-0.15, -0.1) is 10.2 Å². The van der Waals surface area contributed by atoms with Crippen LogP contribution in [0.2, 0.25) is 0 Å². The fourth-order valence-electron chi connectivity index (χ4n) is 3.02. The maximum Gasteiger partial charge on any atom is 0.234 e. The molecule has 158 valence electrons. The van der Waals surface area contributed by atoms with Crippen LogP contribution in [-0.2, 0) is 24.7 Å². The molecule has 0 saturated carbocycles. The van der Waals surface area contributed by atoms with Gasteiger partial charge in [0.2, 0.25) is 5.91 Å². The predicted molar refractivity (Wildman–Crippen MR) is 121 cm³/mol. The first-order chi connectivity index (χ1) is 14.5. The zero-order chi connectivity index (χ0) is 21.5. The number of hydrogen-bond donors (Lipinski definition) is 1. The normalized spacial score (nSPS) is 11.9. The van der Waals surface area contributed by atoms with Crippen LogP contribution in [0.1, 0.15) is 43.8 Å². The summed E-state index contributed by atoms with van der Waals surface area (Å²) in [5, 5.41) is 12.1. The van der Waals surface area contributed by atoms with Crippen LogP contribution >= 0.6 is 11.8 Å². The van der Waals surface area contributed by atoms with Gasteiger partial charge in [-0.2, -0.15) is 0 Å². The van der Waals surface area contributed by atoms with Crippen molar-refractivity contribution in [2.75, 3.05) is 11.1 Å². The standard InChI is InChI=1S/C23H28N4O2S/c1-5-17-7-11-19(12-8-17)24-21(28)15-30-23-26-25-22(27(23)4)16(3)29-20-13-9-18(6-2)10-14-20/h7-14,16H,5-6,15H2,1-4H3,(H,24,28). The summed E-state index contributed by atoms with van der Waals surface area (Å²) < 4.78 is 7.88. The van der Waals surface area contributed by atoms with Crippen molar-refractivity contribution in [3.05, 3.63) is 65.5 Å². The van der Waals surface area contributed by atoms with Crippen molar-refractivity contribution < 1.29 is 9.53 Å². The lowest BCUT2D eigenvalue weighted by Gasteiger charge is -2.14. The number of aromatic nitrogens is 3. The molecule has 0 bridgehead atoms. The average Bonchev–Trinajstić information content (AvgIpc) is 3.14.